The fourth-order valence-electron chi connectivity index (χ4n) is 2.73. The largest absolute Gasteiger partial charge is 0.353 e. The molecule has 0 aliphatic heterocycles. The summed E-state index contributed by atoms with van der Waals surface area (Å²) in [7, 11) is 2.07. The number of carbonyl (C=O) groups excluding carboxylic acids is 1. The third-order valence-electron chi connectivity index (χ3n) is 3.66. The predicted molar refractivity (Wildman–Crippen MR) is 75.6 cm³/mol. The van der Waals surface area contributed by atoms with E-state index in [9.17, 15) is 4.79 Å². The maximum Gasteiger partial charge on any atom is 0.234 e. The van der Waals surface area contributed by atoms with Crippen LogP contribution in [-0.2, 0) is 4.79 Å². The van der Waals surface area contributed by atoms with E-state index in [4.69, 9.17) is 0 Å². The molecule has 106 valence electrons. The molecule has 0 spiro atoms. The van der Waals surface area contributed by atoms with Crippen LogP contribution in [0.1, 0.15) is 46.5 Å². The van der Waals surface area contributed by atoms with Gasteiger partial charge >= 0.3 is 0 Å². The number of amides is 1. The monoisotopic (exact) mass is 255 g/mol. The summed E-state index contributed by atoms with van der Waals surface area (Å²) in [5.74, 6) is 0.140. The average Bonchev–Trinajstić information content (AvgIpc) is 2.29. The second kappa shape index (κ2) is 7.74. The van der Waals surface area contributed by atoms with Crippen LogP contribution in [0.25, 0.3) is 0 Å². The van der Waals surface area contributed by atoms with Crippen LogP contribution in [0.4, 0.5) is 0 Å². The zero-order chi connectivity index (χ0) is 13.5. The minimum absolute atomic E-state index is 0.140. The smallest absolute Gasteiger partial charge is 0.234 e. The van der Waals surface area contributed by atoms with Crippen LogP contribution < -0.4 is 10.6 Å². The molecular weight excluding hydrogens is 226 g/mol. The molecule has 0 aromatic carbocycles. The molecule has 1 rings (SSSR count). The van der Waals surface area contributed by atoms with Gasteiger partial charge < -0.3 is 10.6 Å². The number of nitrogens with zero attached hydrogens (tertiary/aromatic N) is 1. The van der Waals surface area contributed by atoms with E-state index < -0.39 is 0 Å². The van der Waals surface area contributed by atoms with Gasteiger partial charge in [-0.2, -0.15) is 0 Å². The van der Waals surface area contributed by atoms with Crippen molar-refractivity contribution in [3.05, 3.63) is 0 Å². The summed E-state index contributed by atoms with van der Waals surface area (Å²) >= 11 is 0. The molecule has 1 aliphatic rings. The lowest BCUT2D eigenvalue weighted by Crippen LogP contribution is -2.45. The summed E-state index contributed by atoms with van der Waals surface area (Å²) in [6, 6.07) is 1.48. The Kier molecular flexibility index (Phi) is 6.65. The molecule has 4 nitrogen and oxygen atoms in total. The Morgan fingerprint density at radius 3 is 2.39 bits per heavy atom. The maximum absolute atomic E-state index is 11.7. The molecule has 1 fully saturated rings. The molecule has 0 unspecified atom stereocenters. The highest BCUT2D eigenvalue weighted by Crippen LogP contribution is 2.22. The minimum atomic E-state index is 0.140. The fourth-order valence-corrected chi connectivity index (χ4v) is 2.73. The maximum atomic E-state index is 11.7. The summed E-state index contributed by atoms with van der Waals surface area (Å²) in [4.78, 5) is 13.9. The van der Waals surface area contributed by atoms with Gasteiger partial charge in [-0.05, 0) is 53.1 Å². The first-order valence-corrected chi connectivity index (χ1v) is 7.26. The van der Waals surface area contributed by atoms with E-state index in [0.717, 1.165) is 6.54 Å². The number of nitrogens with one attached hydrogen (secondary N) is 2. The first kappa shape index (κ1) is 15.4. The molecule has 2 N–H and O–H groups in total. The molecule has 0 aromatic heterocycles. The van der Waals surface area contributed by atoms with E-state index in [2.05, 4.69) is 29.5 Å². The van der Waals surface area contributed by atoms with Crippen molar-refractivity contribution in [1.29, 1.82) is 0 Å². The van der Waals surface area contributed by atoms with Gasteiger partial charge in [-0.25, -0.2) is 0 Å². The van der Waals surface area contributed by atoms with Crippen LogP contribution in [0, 0.1) is 0 Å². The highest BCUT2D eigenvalue weighted by atomic mass is 16.2. The third kappa shape index (κ3) is 5.36. The summed E-state index contributed by atoms with van der Waals surface area (Å²) in [5.41, 5.74) is 0. The Bertz CT molecular complexity index is 247. The summed E-state index contributed by atoms with van der Waals surface area (Å²) < 4.78 is 0. The van der Waals surface area contributed by atoms with Crippen molar-refractivity contribution in [2.24, 2.45) is 0 Å². The third-order valence-corrected chi connectivity index (χ3v) is 3.66. The van der Waals surface area contributed by atoms with Crippen molar-refractivity contribution in [2.45, 2.75) is 64.6 Å². The van der Waals surface area contributed by atoms with Crippen LogP contribution >= 0.6 is 0 Å². The number of rotatable bonds is 6. The molecular formula is C14H29N3O. The van der Waals surface area contributed by atoms with E-state index >= 15 is 0 Å². The topological polar surface area (TPSA) is 44.4 Å². The lowest BCUT2D eigenvalue weighted by atomic mass is 9.90. The van der Waals surface area contributed by atoms with E-state index in [0.29, 0.717) is 18.6 Å². The van der Waals surface area contributed by atoms with Gasteiger partial charge in [0.25, 0.3) is 0 Å². The Hall–Kier alpha value is -0.610. The quantitative estimate of drug-likeness (QED) is 0.753. The Labute approximate surface area is 111 Å². The zero-order valence-corrected chi connectivity index (χ0v) is 12.3. The van der Waals surface area contributed by atoms with Crippen LogP contribution in [0.2, 0.25) is 0 Å². The second-order valence-corrected chi connectivity index (χ2v) is 5.70. The first-order chi connectivity index (χ1) is 8.52. The molecule has 18 heavy (non-hydrogen) atoms. The van der Waals surface area contributed by atoms with Crippen molar-refractivity contribution in [3.8, 4) is 0 Å². The van der Waals surface area contributed by atoms with Crippen molar-refractivity contribution in [2.75, 3.05) is 20.1 Å². The average molecular weight is 255 g/mol. The van der Waals surface area contributed by atoms with E-state index in [1.54, 1.807) is 0 Å². The lowest BCUT2D eigenvalue weighted by Gasteiger charge is -2.34. The minimum Gasteiger partial charge on any atom is -0.353 e. The number of hydrogen-bond acceptors (Lipinski definition) is 3. The summed E-state index contributed by atoms with van der Waals surface area (Å²) in [6.45, 7) is 7.74. The SMILES string of the molecule is CCNC1CCC(N(C)CC(=O)NC(C)C)CC1. The molecule has 0 radical (unpaired) electrons. The van der Waals surface area contributed by atoms with Crippen molar-refractivity contribution in [1.82, 2.24) is 15.5 Å². The molecule has 1 amide bonds. The van der Waals surface area contributed by atoms with Gasteiger partial charge in [0.05, 0.1) is 6.54 Å². The molecule has 0 bridgehead atoms. The zero-order valence-electron chi connectivity index (χ0n) is 12.3. The van der Waals surface area contributed by atoms with Gasteiger partial charge in [-0.1, -0.05) is 6.92 Å². The van der Waals surface area contributed by atoms with Gasteiger partial charge in [0.1, 0.15) is 0 Å². The van der Waals surface area contributed by atoms with Crippen LogP contribution in [-0.4, -0.2) is 49.1 Å². The second-order valence-electron chi connectivity index (χ2n) is 5.70. The summed E-state index contributed by atoms with van der Waals surface area (Å²) in [6.07, 6.45) is 4.86. The standard InChI is InChI=1S/C14H29N3O/c1-5-15-12-6-8-13(9-7-12)17(4)10-14(18)16-11(2)3/h11-13,15H,5-10H2,1-4H3,(H,16,18). The lowest BCUT2D eigenvalue weighted by molar-refractivity contribution is -0.123. The van der Waals surface area contributed by atoms with Crippen LogP contribution in [0.3, 0.4) is 0 Å². The van der Waals surface area contributed by atoms with E-state index in [1.807, 2.05) is 13.8 Å². The van der Waals surface area contributed by atoms with Crippen molar-refractivity contribution < 1.29 is 4.79 Å². The normalized spacial score (nSPS) is 24.6. The first-order valence-electron chi connectivity index (χ1n) is 7.26. The molecule has 1 saturated carbocycles. The van der Waals surface area contributed by atoms with Gasteiger partial charge in [-0.3, -0.25) is 9.69 Å². The van der Waals surface area contributed by atoms with Crippen molar-refractivity contribution in [3.63, 3.8) is 0 Å². The Morgan fingerprint density at radius 1 is 1.28 bits per heavy atom. The highest BCUT2D eigenvalue weighted by molar-refractivity contribution is 5.78. The van der Waals surface area contributed by atoms with E-state index in [-0.39, 0.29) is 11.9 Å². The number of carbonyl (C=O) groups is 1. The highest BCUT2D eigenvalue weighted by Gasteiger charge is 2.24. The number of likely N-dealkylation sites (N-methyl/N-ethyl adjacent to an activating group) is 1. The number of hydrogen-bond donors (Lipinski definition) is 2. The van der Waals surface area contributed by atoms with Crippen LogP contribution in [0.15, 0.2) is 0 Å². The molecule has 0 heterocycles. The van der Waals surface area contributed by atoms with Gasteiger partial charge in [0.15, 0.2) is 0 Å². The van der Waals surface area contributed by atoms with Gasteiger partial charge in [0, 0.05) is 18.1 Å². The van der Waals surface area contributed by atoms with Crippen molar-refractivity contribution >= 4 is 5.91 Å². The molecule has 0 aromatic rings. The molecule has 1 aliphatic carbocycles. The molecule has 0 atom stereocenters. The molecule has 4 heteroatoms. The Balaban J connectivity index is 2.27. The van der Waals surface area contributed by atoms with E-state index in [1.165, 1.54) is 25.7 Å². The molecule has 0 saturated heterocycles. The predicted octanol–water partition coefficient (Wildman–Crippen LogP) is 1.36. The van der Waals surface area contributed by atoms with Crippen LogP contribution in [0.5, 0.6) is 0 Å². The Morgan fingerprint density at radius 2 is 1.89 bits per heavy atom. The summed E-state index contributed by atoms with van der Waals surface area (Å²) in [5, 5.41) is 6.46. The van der Waals surface area contributed by atoms with Gasteiger partial charge in [-0.15, -0.1) is 0 Å². The fraction of sp³-hybridized carbons (Fsp3) is 0.929. The van der Waals surface area contributed by atoms with Gasteiger partial charge in [0.2, 0.25) is 5.91 Å².